The molecule has 1 aromatic heterocycles. The van der Waals surface area contributed by atoms with E-state index in [-0.39, 0.29) is 23.4 Å². The number of carbonyl (C=O) groups is 1. The lowest BCUT2D eigenvalue weighted by Gasteiger charge is -2.15. The van der Waals surface area contributed by atoms with Crippen LogP contribution in [-0.2, 0) is 22.4 Å². The highest BCUT2D eigenvalue weighted by Gasteiger charge is 2.37. The molecule has 2 amide bonds. The molecule has 0 aliphatic heterocycles. The van der Waals surface area contributed by atoms with E-state index in [9.17, 15) is 39.6 Å². The van der Waals surface area contributed by atoms with Crippen molar-refractivity contribution in [1.29, 1.82) is 0 Å². The van der Waals surface area contributed by atoms with Crippen LogP contribution in [0.3, 0.4) is 0 Å². The van der Waals surface area contributed by atoms with Crippen LogP contribution in [0.4, 0.5) is 36.8 Å². The van der Waals surface area contributed by atoms with E-state index in [1.54, 1.807) is 47.8 Å². The molecular formula is C30H27F6N3O6S2. The Labute approximate surface area is 269 Å². The second-order valence-electron chi connectivity index (χ2n) is 9.81. The zero-order valence-corrected chi connectivity index (χ0v) is 26.4. The lowest BCUT2D eigenvalue weighted by molar-refractivity contribution is -0.143. The maximum Gasteiger partial charge on any atom is 0.416 e. The fourth-order valence-electron chi connectivity index (χ4n) is 4.28. The first-order chi connectivity index (χ1) is 22.0. The van der Waals surface area contributed by atoms with Crippen molar-refractivity contribution in [2.24, 2.45) is 0 Å². The van der Waals surface area contributed by atoms with Gasteiger partial charge in [0, 0.05) is 36.0 Å². The van der Waals surface area contributed by atoms with E-state index >= 15 is 0 Å². The monoisotopic (exact) mass is 703 g/mol. The van der Waals surface area contributed by atoms with Crippen LogP contribution in [0, 0.1) is 6.92 Å². The highest BCUT2D eigenvalue weighted by molar-refractivity contribution is 7.91. The predicted octanol–water partition coefficient (Wildman–Crippen LogP) is 7.67. The zero-order valence-electron chi connectivity index (χ0n) is 24.8. The van der Waals surface area contributed by atoms with E-state index in [1.165, 1.54) is 14.2 Å². The zero-order chi connectivity index (χ0) is 34.6. The number of ether oxygens (including phenoxy) is 3. The normalized spacial score (nSPS) is 12.0. The molecule has 0 radical (unpaired) electrons. The summed E-state index contributed by atoms with van der Waals surface area (Å²) in [5.41, 5.74) is -2.33. The molecule has 0 bridgehead atoms. The van der Waals surface area contributed by atoms with Crippen LogP contribution in [0.25, 0.3) is 11.1 Å². The van der Waals surface area contributed by atoms with Gasteiger partial charge in [0.05, 0.1) is 25.3 Å². The average molecular weight is 704 g/mol. The third-order valence-electron chi connectivity index (χ3n) is 6.43. The number of sulfonamides is 1. The Morgan fingerprint density at radius 1 is 0.787 bits per heavy atom. The average Bonchev–Trinajstić information content (AvgIpc) is 3.49. The van der Waals surface area contributed by atoms with Gasteiger partial charge in [-0.15, -0.1) is 11.3 Å². The van der Waals surface area contributed by atoms with Crippen molar-refractivity contribution < 1.29 is 53.8 Å². The molecule has 0 saturated carbocycles. The Morgan fingerprint density at radius 2 is 1.45 bits per heavy atom. The Balaban J connectivity index is 1.45. The molecule has 47 heavy (non-hydrogen) atoms. The van der Waals surface area contributed by atoms with Gasteiger partial charge in [-0.1, -0.05) is 12.1 Å². The number of methoxy groups -OCH3 is 2. The van der Waals surface area contributed by atoms with Crippen molar-refractivity contribution >= 4 is 33.1 Å². The van der Waals surface area contributed by atoms with Crippen molar-refractivity contribution in [3.8, 4) is 34.1 Å². The number of hydrogen-bond acceptors (Lipinski definition) is 7. The number of urea groups is 1. The van der Waals surface area contributed by atoms with E-state index < -0.39 is 45.2 Å². The lowest BCUT2D eigenvalue weighted by atomic mass is 10.1. The summed E-state index contributed by atoms with van der Waals surface area (Å²) in [5, 5.41) is 5.68. The molecule has 252 valence electrons. The third kappa shape index (κ3) is 8.87. The molecule has 3 aromatic carbocycles. The number of rotatable bonds is 11. The summed E-state index contributed by atoms with van der Waals surface area (Å²) in [6.07, 6.45) is -10.2. The Morgan fingerprint density at radius 3 is 2.06 bits per heavy atom. The lowest BCUT2D eigenvalue weighted by Crippen LogP contribution is -2.36. The molecule has 0 unspecified atom stereocenters. The number of hydrogen-bond donors (Lipinski definition) is 3. The van der Waals surface area contributed by atoms with E-state index in [0.717, 1.165) is 16.9 Å². The van der Waals surface area contributed by atoms with Gasteiger partial charge in [-0.25, -0.2) is 17.9 Å². The number of thiophene rings is 1. The number of halogens is 6. The van der Waals surface area contributed by atoms with E-state index in [1.807, 2.05) is 12.2 Å². The molecule has 0 fully saturated rings. The molecule has 9 nitrogen and oxygen atoms in total. The minimum atomic E-state index is -5.10. The quantitative estimate of drug-likeness (QED) is 0.109. The molecule has 3 N–H and O–H groups in total. The SMILES string of the molecule is COc1ccc(Oc2cc(C)ccc2-c2ccsc2S(=O)(=O)NCCNC(=O)Nc2cc(C(F)(F)F)cc(C(F)(F)F)c2)cc1OC. The number of nitrogens with one attached hydrogen (secondary N) is 3. The number of amides is 2. The van der Waals surface area contributed by atoms with Crippen molar-refractivity contribution in [3.63, 3.8) is 0 Å². The standard InChI is InChI=1S/C30H27F6N3O6S2/c1-17-4-6-22(25(12-17)45-21-5-7-24(43-2)26(16-21)44-3)23-8-11-46-27(23)47(41,42)38-10-9-37-28(40)39-20-14-18(29(31,32)33)13-19(15-20)30(34,35)36/h4-8,11-16,38H,9-10H2,1-3H3,(H2,37,39,40). The smallest absolute Gasteiger partial charge is 0.416 e. The summed E-state index contributed by atoms with van der Waals surface area (Å²) in [6.45, 7) is 1.13. The topological polar surface area (TPSA) is 115 Å². The van der Waals surface area contributed by atoms with Gasteiger partial charge in [-0.2, -0.15) is 26.3 Å². The Hall–Kier alpha value is -4.48. The Bertz CT molecular complexity index is 1830. The van der Waals surface area contributed by atoms with Gasteiger partial charge in [-0.3, -0.25) is 0 Å². The molecule has 0 saturated heterocycles. The van der Waals surface area contributed by atoms with E-state index in [4.69, 9.17) is 14.2 Å². The van der Waals surface area contributed by atoms with Gasteiger partial charge >= 0.3 is 18.4 Å². The van der Waals surface area contributed by atoms with Gasteiger partial charge in [0.25, 0.3) is 10.0 Å². The molecule has 4 aromatic rings. The first-order valence-corrected chi connectivity index (χ1v) is 15.8. The summed E-state index contributed by atoms with van der Waals surface area (Å²) >= 11 is 0.928. The van der Waals surface area contributed by atoms with Crippen LogP contribution < -0.4 is 29.6 Å². The van der Waals surface area contributed by atoms with Crippen LogP contribution in [-0.4, -0.2) is 41.8 Å². The van der Waals surface area contributed by atoms with E-state index in [0.29, 0.717) is 46.3 Å². The molecule has 1 heterocycles. The van der Waals surface area contributed by atoms with Gasteiger partial charge in [0.15, 0.2) is 11.5 Å². The molecule has 0 aliphatic carbocycles. The fraction of sp³-hybridized carbons (Fsp3) is 0.233. The number of alkyl halides is 6. The summed E-state index contributed by atoms with van der Waals surface area (Å²) in [6, 6.07) is 11.2. The fourth-order valence-corrected chi connectivity index (χ4v) is 6.73. The summed E-state index contributed by atoms with van der Waals surface area (Å²) < 4.78 is 124. The number of benzene rings is 3. The number of carbonyl (C=O) groups excluding carboxylic acids is 1. The van der Waals surface area contributed by atoms with Crippen molar-refractivity contribution in [1.82, 2.24) is 10.0 Å². The van der Waals surface area contributed by atoms with Crippen LogP contribution in [0.15, 0.2) is 70.3 Å². The summed E-state index contributed by atoms with van der Waals surface area (Å²) in [5.74, 6) is 1.66. The minimum absolute atomic E-state index is 0.0633. The first kappa shape index (κ1) is 35.4. The highest BCUT2D eigenvalue weighted by Crippen LogP contribution is 2.41. The van der Waals surface area contributed by atoms with Gasteiger partial charge in [0.2, 0.25) is 0 Å². The van der Waals surface area contributed by atoms with Crippen molar-refractivity contribution in [2.75, 3.05) is 32.6 Å². The van der Waals surface area contributed by atoms with Gasteiger partial charge in [-0.05, 0) is 60.3 Å². The highest BCUT2D eigenvalue weighted by atomic mass is 32.2. The minimum Gasteiger partial charge on any atom is -0.493 e. The van der Waals surface area contributed by atoms with E-state index in [2.05, 4.69) is 10.0 Å². The van der Waals surface area contributed by atoms with Crippen LogP contribution >= 0.6 is 11.3 Å². The molecule has 0 atom stereocenters. The van der Waals surface area contributed by atoms with Gasteiger partial charge < -0.3 is 24.8 Å². The van der Waals surface area contributed by atoms with Crippen LogP contribution in [0.5, 0.6) is 23.0 Å². The molecule has 0 spiro atoms. The molecule has 17 heteroatoms. The molecular weight excluding hydrogens is 676 g/mol. The summed E-state index contributed by atoms with van der Waals surface area (Å²) in [7, 11) is -1.20. The second kappa shape index (κ2) is 14.1. The predicted molar refractivity (Wildman–Crippen MR) is 163 cm³/mol. The second-order valence-corrected chi connectivity index (χ2v) is 12.7. The molecule has 4 rings (SSSR count). The van der Waals surface area contributed by atoms with Crippen LogP contribution in [0.1, 0.15) is 16.7 Å². The largest absolute Gasteiger partial charge is 0.493 e. The summed E-state index contributed by atoms with van der Waals surface area (Å²) in [4.78, 5) is 12.2. The van der Waals surface area contributed by atoms with Crippen molar-refractivity contribution in [2.45, 2.75) is 23.5 Å². The Kier molecular flexibility index (Phi) is 10.6. The number of aryl methyl sites for hydroxylation is 1. The maximum absolute atomic E-state index is 13.3. The maximum atomic E-state index is 13.3. The number of anilines is 1. The molecule has 0 aliphatic rings. The first-order valence-electron chi connectivity index (χ1n) is 13.4. The third-order valence-corrected chi connectivity index (χ3v) is 9.38. The van der Waals surface area contributed by atoms with Gasteiger partial charge in [0.1, 0.15) is 15.7 Å². The van der Waals surface area contributed by atoms with Crippen LogP contribution in [0.2, 0.25) is 0 Å². The van der Waals surface area contributed by atoms with Crippen molar-refractivity contribution in [3.05, 3.63) is 82.7 Å².